The van der Waals surface area contributed by atoms with Crippen LogP contribution in [0.3, 0.4) is 0 Å². The van der Waals surface area contributed by atoms with Crippen molar-refractivity contribution in [2.45, 2.75) is 32.9 Å². The number of aryl methyl sites for hydroxylation is 2. The molecule has 0 unspecified atom stereocenters. The summed E-state index contributed by atoms with van der Waals surface area (Å²) < 4.78 is 29.3. The predicted octanol–water partition coefficient (Wildman–Crippen LogP) is 5.48. The molecule has 3 aromatic rings. The van der Waals surface area contributed by atoms with Gasteiger partial charge in [0.05, 0.1) is 12.6 Å². The van der Waals surface area contributed by atoms with Crippen molar-refractivity contribution in [3.63, 3.8) is 0 Å². The number of anilines is 1. The minimum atomic E-state index is -2.87. The number of alkyl halides is 2. The van der Waals surface area contributed by atoms with Crippen LogP contribution in [0.4, 0.5) is 14.5 Å². The first kappa shape index (κ1) is 22.4. The van der Waals surface area contributed by atoms with Crippen LogP contribution >= 0.6 is 0 Å². The number of carbonyl (C=O) groups is 1. The summed E-state index contributed by atoms with van der Waals surface area (Å²) in [5.41, 5.74) is 4.75. The van der Waals surface area contributed by atoms with Crippen LogP contribution in [0.2, 0.25) is 0 Å². The van der Waals surface area contributed by atoms with Gasteiger partial charge in [0.15, 0.2) is 0 Å². The van der Waals surface area contributed by atoms with E-state index in [1.54, 1.807) is 12.1 Å². The number of para-hydroxylation sites is 1. The Hall–Kier alpha value is -3.25. The van der Waals surface area contributed by atoms with E-state index >= 15 is 0 Å². The fourth-order valence-corrected chi connectivity index (χ4v) is 3.50. The number of benzene rings is 3. The molecule has 6 heteroatoms. The molecule has 0 fully saturated rings. The van der Waals surface area contributed by atoms with Crippen LogP contribution in [0, 0.1) is 6.92 Å². The summed E-state index contributed by atoms with van der Waals surface area (Å²) in [7, 11) is 0. The lowest BCUT2D eigenvalue weighted by atomic mass is 9.98. The van der Waals surface area contributed by atoms with Gasteiger partial charge in [-0.15, -0.1) is 0 Å². The van der Waals surface area contributed by atoms with Crippen LogP contribution in [0.25, 0.3) is 0 Å². The van der Waals surface area contributed by atoms with E-state index < -0.39 is 6.61 Å². The van der Waals surface area contributed by atoms with E-state index in [9.17, 15) is 13.6 Å². The summed E-state index contributed by atoms with van der Waals surface area (Å²) in [4.78, 5) is 12.7. The molecular formula is C25H26F2N2O2. The monoisotopic (exact) mass is 424 g/mol. The molecule has 0 aliphatic carbocycles. The highest BCUT2D eigenvalue weighted by Gasteiger charge is 2.16. The van der Waals surface area contributed by atoms with Crippen LogP contribution in [-0.4, -0.2) is 19.1 Å². The molecule has 1 atom stereocenters. The predicted molar refractivity (Wildman–Crippen MR) is 119 cm³/mol. The second-order valence-corrected chi connectivity index (χ2v) is 7.18. The lowest BCUT2D eigenvalue weighted by Gasteiger charge is -2.21. The molecule has 1 amide bonds. The van der Waals surface area contributed by atoms with Crippen molar-refractivity contribution in [1.29, 1.82) is 0 Å². The van der Waals surface area contributed by atoms with Crippen molar-refractivity contribution in [3.05, 3.63) is 95.1 Å². The van der Waals surface area contributed by atoms with Gasteiger partial charge in [0, 0.05) is 5.69 Å². The third kappa shape index (κ3) is 6.12. The van der Waals surface area contributed by atoms with E-state index in [1.807, 2.05) is 55.5 Å². The fourth-order valence-electron chi connectivity index (χ4n) is 3.50. The highest BCUT2D eigenvalue weighted by Crippen LogP contribution is 2.25. The lowest BCUT2D eigenvalue weighted by molar-refractivity contribution is -0.115. The van der Waals surface area contributed by atoms with Gasteiger partial charge in [0.1, 0.15) is 5.75 Å². The zero-order chi connectivity index (χ0) is 22.2. The fraction of sp³-hybridized carbons (Fsp3) is 0.240. The van der Waals surface area contributed by atoms with Crippen LogP contribution in [0.15, 0.2) is 72.8 Å². The van der Waals surface area contributed by atoms with E-state index in [4.69, 9.17) is 0 Å². The molecular weight excluding hydrogens is 398 g/mol. The Kier molecular flexibility index (Phi) is 7.73. The van der Waals surface area contributed by atoms with Crippen LogP contribution < -0.4 is 15.4 Å². The number of ether oxygens (including phenoxy) is 1. The summed E-state index contributed by atoms with van der Waals surface area (Å²) in [6.45, 7) is 1.24. The third-order valence-corrected chi connectivity index (χ3v) is 5.04. The largest absolute Gasteiger partial charge is 0.435 e. The van der Waals surface area contributed by atoms with Gasteiger partial charge in [-0.3, -0.25) is 10.1 Å². The smallest absolute Gasteiger partial charge is 0.387 e. The second-order valence-electron chi connectivity index (χ2n) is 7.18. The quantitative estimate of drug-likeness (QED) is 0.478. The minimum absolute atomic E-state index is 0.0896. The molecule has 0 bridgehead atoms. The average molecular weight is 424 g/mol. The molecule has 0 saturated carbocycles. The number of halogens is 2. The van der Waals surface area contributed by atoms with Gasteiger partial charge in [0.2, 0.25) is 5.91 Å². The van der Waals surface area contributed by atoms with Gasteiger partial charge in [-0.1, -0.05) is 67.6 Å². The Labute approximate surface area is 181 Å². The number of amides is 1. The zero-order valence-corrected chi connectivity index (χ0v) is 17.6. The first-order chi connectivity index (χ1) is 15.0. The molecule has 2 N–H and O–H groups in total. The van der Waals surface area contributed by atoms with E-state index in [0.29, 0.717) is 0 Å². The van der Waals surface area contributed by atoms with Crippen molar-refractivity contribution >= 4 is 11.6 Å². The average Bonchev–Trinajstić information content (AvgIpc) is 2.77. The van der Waals surface area contributed by atoms with E-state index in [1.165, 1.54) is 12.1 Å². The second kappa shape index (κ2) is 10.7. The highest BCUT2D eigenvalue weighted by atomic mass is 19.3. The molecule has 0 aromatic heterocycles. The maximum Gasteiger partial charge on any atom is 0.387 e. The molecule has 4 nitrogen and oxygen atoms in total. The summed E-state index contributed by atoms with van der Waals surface area (Å²) in [5, 5.41) is 6.30. The molecule has 0 heterocycles. The standard InChI is InChI=1S/C25H26F2N2O2/c1-3-18-11-7-8-17(2)23(18)29-22(30)16-28-24(19-9-5-4-6-10-19)20-12-14-21(15-13-20)31-25(26)27/h4-15,24-25,28H,3,16H2,1-2H3,(H,29,30)/t24-/m0/s1. The summed E-state index contributed by atoms with van der Waals surface area (Å²) in [6.07, 6.45) is 0.824. The number of hydrogen-bond donors (Lipinski definition) is 2. The maximum absolute atomic E-state index is 12.7. The number of nitrogens with one attached hydrogen (secondary N) is 2. The van der Waals surface area contributed by atoms with Gasteiger partial charge in [0.25, 0.3) is 0 Å². The first-order valence-corrected chi connectivity index (χ1v) is 10.2. The van der Waals surface area contributed by atoms with E-state index in [2.05, 4.69) is 22.3 Å². The van der Waals surface area contributed by atoms with Crippen molar-refractivity contribution in [3.8, 4) is 5.75 Å². The zero-order valence-electron chi connectivity index (χ0n) is 17.6. The van der Waals surface area contributed by atoms with Gasteiger partial charge < -0.3 is 10.1 Å². The summed E-state index contributed by atoms with van der Waals surface area (Å²) >= 11 is 0. The van der Waals surface area contributed by atoms with Crippen LogP contribution in [-0.2, 0) is 11.2 Å². The molecule has 0 aliphatic rings. The summed E-state index contributed by atoms with van der Waals surface area (Å²) in [6, 6.07) is 21.8. The van der Waals surface area contributed by atoms with Gasteiger partial charge in [-0.25, -0.2) is 0 Å². The molecule has 0 aliphatic heterocycles. The number of rotatable bonds is 9. The molecule has 0 saturated heterocycles. The number of hydrogen-bond acceptors (Lipinski definition) is 3. The Balaban J connectivity index is 1.75. The molecule has 0 spiro atoms. The van der Waals surface area contributed by atoms with Crippen molar-refractivity contribution in [2.75, 3.05) is 11.9 Å². The summed E-state index contributed by atoms with van der Waals surface area (Å²) in [5.74, 6) is -0.0578. The van der Waals surface area contributed by atoms with Gasteiger partial charge in [-0.2, -0.15) is 8.78 Å². The van der Waals surface area contributed by atoms with Crippen molar-refractivity contribution < 1.29 is 18.3 Å². The van der Waals surface area contributed by atoms with Crippen LogP contribution in [0.1, 0.15) is 35.2 Å². The molecule has 3 aromatic carbocycles. The molecule has 0 radical (unpaired) electrons. The minimum Gasteiger partial charge on any atom is -0.435 e. The number of carbonyl (C=O) groups excluding carboxylic acids is 1. The lowest BCUT2D eigenvalue weighted by Crippen LogP contribution is -2.32. The Morgan fingerprint density at radius 2 is 1.61 bits per heavy atom. The molecule has 162 valence electrons. The Morgan fingerprint density at radius 1 is 0.935 bits per heavy atom. The Bertz CT molecular complexity index is 992. The van der Waals surface area contributed by atoms with Gasteiger partial charge in [-0.05, 0) is 47.7 Å². The first-order valence-electron chi connectivity index (χ1n) is 10.2. The van der Waals surface area contributed by atoms with Gasteiger partial charge >= 0.3 is 6.61 Å². The van der Waals surface area contributed by atoms with E-state index in [-0.39, 0.29) is 24.2 Å². The van der Waals surface area contributed by atoms with Crippen molar-refractivity contribution in [1.82, 2.24) is 5.32 Å². The SMILES string of the molecule is CCc1cccc(C)c1NC(=O)CN[C@@H](c1ccccc1)c1ccc(OC(F)F)cc1. The van der Waals surface area contributed by atoms with Crippen molar-refractivity contribution in [2.24, 2.45) is 0 Å². The van der Waals surface area contributed by atoms with Crippen LogP contribution in [0.5, 0.6) is 5.75 Å². The third-order valence-electron chi connectivity index (χ3n) is 5.04. The molecule has 3 rings (SSSR count). The van der Waals surface area contributed by atoms with E-state index in [0.717, 1.165) is 34.4 Å². The topological polar surface area (TPSA) is 50.4 Å². The Morgan fingerprint density at radius 3 is 2.26 bits per heavy atom. The highest BCUT2D eigenvalue weighted by molar-refractivity contribution is 5.93. The molecule has 31 heavy (non-hydrogen) atoms. The maximum atomic E-state index is 12.7. The normalized spacial score (nSPS) is 11.9.